The molecule has 2 aromatic heterocycles. The summed E-state index contributed by atoms with van der Waals surface area (Å²) in [6.45, 7) is 2.89. The predicted octanol–water partition coefficient (Wildman–Crippen LogP) is 2.81. The van der Waals surface area contributed by atoms with Crippen molar-refractivity contribution in [3.05, 3.63) is 60.2 Å². The number of ketones is 1. The normalized spacial score (nSPS) is 10.9. The van der Waals surface area contributed by atoms with Gasteiger partial charge in [-0.15, -0.1) is 0 Å². The lowest BCUT2D eigenvalue weighted by Crippen LogP contribution is -2.11. The molecule has 21 heavy (non-hydrogen) atoms. The zero-order valence-electron chi connectivity index (χ0n) is 12.0. The SMILES string of the molecule is CCn1c(CC(=O)Cc2ccncc2)nc2ccccc21. The average molecular weight is 279 g/mol. The van der Waals surface area contributed by atoms with Gasteiger partial charge in [-0.2, -0.15) is 0 Å². The van der Waals surface area contributed by atoms with Gasteiger partial charge in [-0.1, -0.05) is 12.1 Å². The van der Waals surface area contributed by atoms with Gasteiger partial charge >= 0.3 is 0 Å². The number of rotatable bonds is 5. The van der Waals surface area contributed by atoms with E-state index in [1.807, 2.05) is 36.4 Å². The topological polar surface area (TPSA) is 47.8 Å². The van der Waals surface area contributed by atoms with E-state index in [4.69, 9.17) is 0 Å². The molecule has 0 saturated heterocycles. The molecule has 0 N–H and O–H groups in total. The lowest BCUT2D eigenvalue weighted by molar-refractivity contribution is -0.117. The molecule has 3 aromatic rings. The Labute approximate surface area is 123 Å². The van der Waals surface area contributed by atoms with Crippen molar-refractivity contribution in [2.24, 2.45) is 0 Å². The number of Topliss-reactive ketones (excluding diaryl/α,β-unsaturated/α-hetero) is 1. The Bertz CT molecular complexity index is 762. The molecule has 106 valence electrons. The van der Waals surface area contributed by atoms with Crippen LogP contribution < -0.4 is 0 Å². The number of fused-ring (bicyclic) bond motifs is 1. The maximum absolute atomic E-state index is 12.3. The van der Waals surface area contributed by atoms with Crippen LogP contribution in [0.25, 0.3) is 11.0 Å². The van der Waals surface area contributed by atoms with Crippen molar-refractivity contribution in [1.29, 1.82) is 0 Å². The molecule has 0 radical (unpaired) electrons. The molecule has 3 rings (SSSR count). The fraction of sp³-hybridized carbons (Fsp3) is 0.235. The van der Waals surface area contributed by atoms with Gasteiger partial charge < -0.3 is 4.57 Å². The zero-order chi connectivity index (χ0) is 14.7. The van der Waals surface area contributed by atoms with Crippen LogP contribution in [-0.2, 0) is 24.2 Å². The molecular weight excluding hydrogens is 262 g/mol. The van der Waals surface area contributed by atoms with Crippen LogP contribution in [0.4, 0.5) is 0 Å². The van der Waals surface area contributed by atoms with Crippen LogP contribution >= 0.6 is 0 Å². The number of aromatic nitrogens is 3. The molecule has 0 saturated carbocycles. The summed E-state index contributed by atoms with van der Waals surface area (Å²) in [5, 5.41) is 0. The maximum atomic E-state index is 12.3. The lowest BCUT2D eigenvalue weighted by atomic mass is 10.1. The highest BCUT2D eigenvalue weighted by molar-refractivity contribution is 5.84. The average Bonchev–Trinajstić information content (AvgIpc) is 2.85. The third-order valence-electron chi connectivity index (χ3n) is 3.56. The molecule has 0 aliphatic rings. The molecule has 0 bridgehead atoms. The molecule has 0 spiro atoms. The van der Waals surface area contributed by atoms with Crippen molar-refractivity contribution in [1.82, 2.24) is 14.5 Å². The van der Waals surface area contributed by atoms with Crippen molar-refractivity contribution in [3.8, 4) is 0 Å². The molecule has 2 heterocycles. The van der Waals surface area contributed by atoms with Gasteiger partial charge in [-0.3, -0.25) is 9.78 Å². The number of benzene rings is 1. The number of para-hydroxylation sites is 2. The number of pyridine rings is 1. The quantitative estimate of drug-likeness (QED) is 0.721. The summed E-state index contributed by atoms with van der Waals surface area (Å²) in [6, 6.07) is 11.7. The van der Waals surface area contributed by atoms with E-state index < -0.39 is 0 Å². The number of nitrogens with zero attached hydrogens (tertiary/aromatic N) is 3. The minimum atomic E-state index is 0.172. The van der Waals surface area contributed by atoms with Gasteiger partial charge in [0, 0.05) is 25.4 Å². The van der Waals surface area contributed by atoms with E-state index in [0.29, 0.717) is 12.8 Å². The van der Waals surface area contributed by atoms with Crippen molar-refractivity contribution in [2.75, 3.05) is 0 Å². The summed E-state index contributed by atoms with van der Waals surface area (Å²) < 4.78 is 2.11. The van der Waals surface area contributed by atoms with Gasteiger partial charge in [0.05, 0.1) is 17.5 Å². The van der Waals surface area contributed by atoms with E-state index >= 15 is 0 Å². The van der Waals surface area contributed by atoms with Crippen molar-refractivity contribution >= 4 is 16.8 Å². The van der Waals surface area contributed by atoms with E-state index in [9.17, 15) is 4.79 Å². The first-order valence-corrected chi connectivity index (χ1v) is 7.12. The fourth-order valence-corrected chi connectivity index (χ4v) is 2.58. The monoisotopic (exact) mass is 279 g/mol. The minimum absolute atomic E-state index is 0.172. The van der Waals surface area contributed by atoms with Gasteiger partial charge in [0.1, 0.15) is 11.6 Å². The molecule has 0 unspecified atom stereocenters. The van der Waals surface area contributed by atoms with Crippen LogP contribution in [0.2, 0.25) is 0 Å². The summed E-state index contributed by atoms with van der Waals surface area (Å²) >= 11 is 0. The Balaban J connectivity index is 1.83. The minimum Gasteiger partial charge on any atom is -0.328 e. The molecule has 4 nitrogen and oxygen atoms in total. The Hall–Kier alpha value is -2.49. The smallest absolute Gasteiger partial charge is 0.144 e. The maximum Gasteiger partial charge on any atom is 0.144 e. The second-order valence-corrected chi connectivity index (χ2v) is 5.01. The van der Waals surface area contributed by atoms with Crippen LogP contribution in [0, 0.1) is 0 Å². The molecule has 0 fully saturated rings. The lowest BCUT2D eigenvalue weighted by Gasteiger charge is -2.05. The van der Waals surface area contributed by atoms with Crippen LogP contribution in [0.5, 0.6) is 0 Å². The summed E-state index contributed by atoms with van der Waals surface area (Å²) in [5.41, 5.74) is 3.03. The molecule has 1 aromatic carbocycles. The Morgan fingerprint density at radius 2 is 1.86 bits per heavy atom. The molecule has 0 aliphatic carbocycles. The number of aryl methyl sites for hydroxylation is 1. The first kappa shape index (κ1) is 13.5. The molecule has 0 amide bonds. The second-order valence-electron chi connectivity index (χ2n) is 5.01. The van der Waals surface area contributed by atoms with E-state index in [1.165, 1.54) is 0 Å². The van der Waals surface area contributed by atoms with Crippen LogP contribution in [0.15, 0.2) is 48.8 Å². The van der Waals surface area contributed by atoms with E-state index in [-0.39, 0.29) is 5.78 Å². The third-order valence-corrected chi connectivity index (χ3v) is 3.56. The Morgan fingerprint density at radius 3 is 2.62 bits per heavy atom. The Kier molecular flexibility index (Phi) is 3.77. The van der Waals surface area contributed by atoms with Crippen LogP contribution in [0.1, 0.15) is 18.3 Å². The van der Waals surface area contributed by atoms with Crippen molar-refractivity contribution in [2.45, 2.75) is 26.3 Å². The first-order chi connectivity index (χ1) is 10.3. The number of carbonyl (C=O) groups is 1. The van der Waals surface area contributed by atoms with Crippen molar-refractivity contribution < 1.29 is 4.79 Å². The molecule has 4 heteroatoms. The number of hydrogen-bond acceptors (Lipinski definition) is 3. The molecule has 0 atom stereocenters. The zero-order valence-corrected chi connectivity index (χ0v) is 12.0. The molecular formula is C17H17N3O. The van der Waals surface area contributed by atoms with Crippen LogP contribution in [0.3, 0.4) is 0 Å². The van der Waals surface area contributed by atoms with E-state index in [2.05, 4.69) is 21.5 Å². The first-order valence-electron chi connectivity index (χ1n) is 7.12. The van der Waals surface area contributed by atoms with Gasteiger partial charge in [0.2, 0.25) is 0 Å². The van der Waals surface area contributed by atoms with Crippen LogP contribution in [-0.4, -0.2) is 20.3 Å². The summed E-state index contributed by atoms with van der Waals surface area (Å²) in [5.74, 6) is 1.02. The third kappa shape index (κ3) is 2.84. The predicted molar refractivity (Wildman–Crippen MR) is 82.1 cm³/mol. The van der Waals surface area contributed by atoms with Gasteiger partial charge in [-0.25, -0.2) is 4.98 Å². The fourth-order valence-electron chi connectivity index (χ4n) is 2.58. The Morgan fingerprint density at radius 1 is 1.10 bits per heavy atom. The number of carbonyl (C=O) groups excluding carboxylic acids is 1. The van der Waals surface area contributed by atoms with Gasteiger partial charge in [0.25, 0.3) is 0 Å². The van der Waals surface area contributed by atoms with Crippen molar-refractivity contribution in [3.63, 3.8) is 0 Å². The summed E-state index contributed by atoms with van der Waals surface area (Å²) in [4.78, 5) is 20.8. The number of hydrogen-bond donors (Lipinski definition) is 0. The van der Waals surface area contributed by atoms with E-state index in [1.54, 1.807) is 12.4 Å². The highest BCUT2D eigenvalue weighted by Crippen LogP contribution is 2.16. The summed E-state index contributed by atoms with van der Waals surface area (Å²) in [7, 11) is 0. The van der Waals surface area contributed by atoms with Gasteiger partial charge in [0.15, 0.2) is 0 Å². The largest absolute Gasteiger partial charge is 0.328 e. The standard InChI is InChI=1S/C17H17N3O/c1-2-20-16-6-4-3-5-15(16)19-17(20)12-14(21)11-13-7-9-18-10-8-13/h3-10H,2,11-12H2,1H3. The highest BCUT2D eigenvalue weighted by Gasteiger charge is 2.13. The number of imidazole rings is 1. The summed E-state index contributed by atoms with van der Waals surface area (Å²) in [6.07, 6.45) is 4.22. The second kappa shape index (κ2) is 5.87. The highest BCUT2D eigenvalue weighted by atomic mass is 16.1. The van der Waals surface area contributed by atoms with E-state index in [0.717, 1.165) is 29.0 Å². The van der Waals surface area contributed by atoms with Gasteiger partial charge in [-0.05, 0) is 36.8 Å². The molecule has 0 aliphatic heterocycles.